The highest BCUT2D eigenvalue weighted by molar-refractivity contribution is 8.26. The van der Waals surface area contributed by atoms with Gasteiger partial charge in [0.15, 0.2) is 0 Å². The van der Waals surface area contributed by atoms with Gasteiger partial charge in [0.05, 0.1) is 22.2 Å². The summed E-state index contributed by atoms with van der Waals surface area (Å²) in [7, 11) is 0. The molecule has 0 radical (unpaired) electrons. The van der Waals surface area contributed by atoms with E-state index in [-0.39, 0.29) is 34.9 Å². The molecule has 3 amide bonds. The Morgan fingerprint density at radius 2 is 1.64 bits per heavy atom. The van der Waals surface area contributed by atoms with Gasteiger partial charge in [-0.3, -0.25) is 24.2 Å². The van der Waals surface area contributed by atoms with Gasteiger partial charge in [-0.05, 0) is 42.8 Å². The van der Waals surface area contributed by atoms with Crippen LogP contribution >= 0.6 is 35.6 Å². The summed E-state index contributed by atoms with van der Waals surface area (Å²) in [6.07, 6.45) is 0. The summed E-state index contributed by atoms with van der Waals surface area (Å²) in [6.45, 7) is 1.70. The fourth-order valence-electron chi connectivity index (χ4n) is 4.28. The van der Waals surface area contributed by atoms with Crippen molar-refractivity contribution >= 4 is 74.6 Å². The zero-order chi connectivity index (χ0) is 25.4. The number of nitrogens with one attached hydrogen (secondary N) is 1. The molecule has 36 heavy (non-hydrogen) atoms. The molecule has 2 heterocycles. The largest absolute Gasteiger partial charge is 0.325 e. The molecule has 0 spiro atoms. The predicted molar refractivity (Wildman–Crippen MR) is 148 cm³/mol. The van der Waals surface area contributed by atoms with Crippen molar-refractivity contribution in [3.8, 4) is 0 Å². The maximum Gasteiger partial charge on any atom is 0.267 e. The summed E-state index contributed by atoms with van der Waals surface area (Å²) < 4.78 is 0.392. The van der Waals surface area contributed by atoms with Gasteiger partial charge >= 0.3 is 0 Å². The van der Waals surface area contributed by atoms with E-state index < -0.39 is 5.91 Å². The Morgan fingerprint density at radius 1 is 0.972 bits per heavy atom. The fourth-order valence-corrected chi connectivity index (χ4v) is 5.89. The van der Waals surface area contributed by atoms with Gasteiger partial charge in [-0.15, -0.1) is 0 Å². The first-order valence-corrected chi connectivity index (χ1v) is 12.8. The minimum Gasteiger partial charge on any atom is -0.325 e. The topological polar surface area (TPSA) is 69.7 Å². The fraction of sp³-hybridized carbons (Fsp3) is 0.111. The highest BCUT2D eigenvalue weighted by Crippen LogP contribution is 2.46. The normalized spacial score (nSPS) is 18.0. The number of anilines is 2. The molecule has 5 rings (SSSR count). The van der Waals surface area contributed by atoms with Gasteiger partial charge in [-0.25, -0.2) is 0 Å². The summed E-state index contributed by atoms with van der Waals surface area (Å²) in [4.78, 5) is 43.2. The van der Waals surface area contributed by atoms with Crippen molar-refractivity contribution < 1.29 is 14.4 Å². The molecule has 0 bridgehead atoms. The zero-order valence-electron chi connectivity index (χ0n) is 19.1. The molecule has 3 aromatic carbocycles. The Hall–Kier alpha value is -3.46. The van der Waals surface area contributed by atoms with Crippen molar-refractivity contribution in [3.63, 3.8) is 0 Å². The number of benzene rings is 3. The molecule has 3 aromatic rings. The second-order valence-corrected chi connectivity index (χ2v) is 10.4. The van der Waals surface area contributed by atoms with Gasteiger partial charge in [0.1, 0.15) is 10.9 Å². The number of para-hydroxylation sites is 1. The van der Waals surface area contributed by atoms with Gasteiger partial charge < -0.3 is 5.32 Å². The van der Waals surface area contributed by atoms with Crippen LogP contribution in [0, 0.1) is 0 Å². The molecule has 1 N–H and O–H groups in total. The minimum absolute atomic E-state index is 0.206. The highest BCUT2D eigenvalue weighted by atomic mass is 35.5. The quantitative estimate of drug-likeness (QED) is 0.338. The second-order valence-electron chi connectivity index (χ2n) is 8.30. The second kappa shape index (κ2) is 9.89. The lowest BCUT2D eigenvalue weighted by atomic mass is 10.1. The van der Waals surface area contributed by atoms with Crippen molar-refractivity contribution in [2.24, 2.45) is 0 Å². The molecule has 180 valence electrons. The lowest BCUT2D eigenvalue weighted by Crippen LogP contribution is -2.35. The average molecular weight is 534 g/mol. The van der Waals surface area contributed by atoms with Gasteiger partial charge in [0, 0.05) is 16.3 Å². The van der Waals surface area contributed by atoms with Gasteiger partial charge in [-0.2, -0.15) is 0 Å². The van der Waals surface area contributed by atoms with E-state index in [0.29, 0.717) is 26.3 Å². The number of thioether (sulfide) groups is 1. The maximum absolute atomic E-state index is 13.6. The summed E-state index contributed by atoms with van der Waals surface area (Å²) in [5.41, 5.74) is 2.96. The standard InChI is InChI=1S/C27H20ClN3O3S2/c1-16(17-7-3-2-4-8-17)31-26(34)24(36-27(31)35)23-20-9-5-6-10-21(20)30(25(23)33)15-22(32)29-19-13-11-18(28)12-14-19/h2-14,16H,15H2,1H3,(H,29,32)/b24-23-. The number of carbonyl (C=O) groups excluding carboxylic acids is 3. The zero-order valence-corrected chi connectivity index (χ0v) is 21.5. The smallest absolute Gasteiger partial charge is 0.267 e. The predicted octanol–water partition coefficient (Wildman–Crippen LogP) is 5.66. The number of hydrogen-bond donors (Lipinski definition) is 1. The number of rotatable bonds is 5. The molecule has 0 aliphatic carbocycles. The summed E-state index contributed by atoms with van der Waals surface area (Å²) in [5, 5.41) is 3.33. The van der Waals surface area contributed by atoms with E-state index in [4.69, 9.17) is 23.8 Å². The highest BCUT2D eigenvalue weighted by Gasteiger charge is 2.43. The molecule has 1 fully saturated rings. The van der Waals surface area contributed by atoms with E-state index >= 15 is 0 Å². The Bertz CT molecular complexity index is 1420. The lowest BCUT2D eigenvalue weighted by molar-refractivity contribution is -0.123. The Morgan fingerprint density at radius 3 is 2.36 bits per heavy atom. The van der Waals surface area contributed by atoms with Crippen LogP contribution in [0.5, 0.6) is 0 Å². The van der Waals surface area contributed by atoms with Crippen LogP contribution in [-0.4, -0.2) is 33.5 Å². The first-order chi connectivity index (χ1) is 17.3. The number of amides is 3. The molecule has 2 aliphatic rings. The van der Waals surface area contributed by atoms with Crippen LogP contribution in [0.3, 0.4) is 0 Å². The summed E-state index contributed by atoms with van der Waals surface area (Å²) >= 11 is 12.6. The number of hydrogen-bond acceptors (Lipinski definition) is 5. The number of nitrogens with zero attached hydrogens (tertiary/aromatic N) is 2. The molecule has 0 aromatic heterocycles. The van der Waals surface area contributed by atoms with Crippen LogP contribution < -0.4 is 10.2 Å². The molecular weight excluding hydrogens is 514 g/mol. The molecule has 1 unspecified atom stereocenters. The number of halogens is 1. The van der Waals surface area contributed by atoms with E-state index in [2.05, 4.69) is 5.32 Å². The summed E-state index contributed by atoms with van der Waals surface area (Å²) in [6, 6.07) is 23.2. The maximum atomic E-state index is 13.6. The molecule has 2 aliphatic heterocycles. The molecule has 1 atom stereocenters. The Labute approximate surface area is 222 Å². The molecule has 9 heteroatoms. The van der Waals surface area contributed by atoms with Crippen LogP contribution in [0.15, 0.2) is 83.8 Å². The molecule has 0 saturated carbocycles. The lowest BCUT2D eigenvalue weighted by Gasteiger charge is -2.23. The van der Waals surface area contributed by atoms with Crippen molar-refractivity contribution in [1.29, 1.82) is 0 Å². The van der Waals surface area contributed by atoms with E-state index in [1.54, 1.807) is 53.4 Å². The van der Waals surface area contributed by atoms with E-state index in [9.17, 15) is 14.4 Å². The van der Waals surface area contributed by atoms with Crippen LogP contribution in [0.2, 0.25) is 5.02 Å². The SMILES string of the molecule is CC(c1ccccc1)N1C(=O)/C(=C2/C(=O)N(CC(=O)Nc3ccc(Cl)cc3)c3ccccc32)SC1=S. The van der Waals surface area contributed by atoms with Gasteiger partial charge in [-0.1, -0.05) is 84.1 Å². The number of thiocarbonyl (C=S) groups is 1. The van der Waals surface area contributed by atoms with E-state index in [0.717, 1.165) is 17.3 Å². The van der Waals surface area contributed by atoms with Crippen LogP contribution in [-0.2, 0) is 14.4 Å². The number of fused-ring (bicyclic) bond motifs is 1. The summed E-state index contributed by atoms with van der Waals surface area (Å²) in [5.74, 6) is -1.09. The van der Waals surface area contributed by atoms with Crippen molar-refractivity contribution in [3.05, 3.63) is 99.9 Å². The van der Waals surface area contributed by atoms with Crippen LogP contribution in [0.4, 0.5) is 11.4 Å². The Kier molecular flexibility index (Phi) is 6.66. The molecular formula is C27H20ClN3O3S2. The minimum atomic E-state index is -0.407. The van der Waals surface area contributed by atoms with Gasteiger partial charge in [0.25, 0.3) is 11.8 Å². The van der Waals surface area contributed by atoms with Crippen LogP contribution in [0.1, 0.15) is 24.1 Å². The van der Waals surface area contributed by atoms with Gasteiger partial charge in [0.2, 0.25) is 5.91 Å². The van der Waals surface area contributed by atoms with Crippen molar-refractivity contribution in [2.75, 3.05) is 16.8 Å². The third-order valence-electron chi connectivity index (χ3n) is 6.05. The third-order valence-corrected chi connectivity index (χ3v) is 7.70. The molecule has 1 saturated heterocycles. The van der Waals surface area contributed by atoms with E-state index in [1.165, 1.54) is 4.90 Å². The number of carbonyl (C=O) groups is 3. The monoisotopic (exact) mass is 533 g/mol. The van der Waals surface area contributed by atoms with Crippen molar-refractivity contribution in [1.82, 2.24) is 4.90 Å². The van der Waals surface area contributed by atoms with Crippen LogP contribution in [0.25, 0.3) is 5.57 Å². The van der Waals surface area contributed by atoms with Crippen molar-refractivity contribution in [2.45, 2.75) is 13.0 Å². The third kappa shape index (κ3) is 4.43. The van der Waals surface area contributed by atoms with E-state index in [1.807, 2.05) is 37.3 Å². The first-order valence-electron chi connectivity index (χ1n) is 11.2. The first kappa shape index (κ1) is 24.2. The molecule has 6 nitrogen and oxygen atoms in total. The Balaban J connectivity index is 1.45. The average Bonchev–Trinajstić information content (AvgIpc) is 3.32.